The number of carbonyl (C=O) groups is 3. The lowest BCUT2D eigenvalue weighted by molar-refractivity contribution is -0.134. The predicted molar refractivity (Wildman–Crippen MR) is 144 cm³/mol. The molecule has 0 aliphatic carbocycles. The molecule has 0 bridgehead atoms. The van der Waals surface area contributed by atoms with E-state index in [0.29, 0.717) is 17.5 Å². The number of methoxy groups -OCH3 is 1. The van der Waals surface area contributed by atoms with Crippen molar-refractivity contribution < 1.29 is 23.5 Å². The van der Waals surface area contributed by atoms with E-state index in [1.54, 1.807) is 12.1 Å². The van der Waals surface area contributed by atoms with Gasteiger partial charge in [-0.05, 0) is 49.4 Å². The van der Waals surface area contributed by atoms with Crippen LogP contribution in [0.4, 0.5) is 15.8 Å². The van der Waals surface area contributed by atoms with Gasteiger partial charge in [-0.1, -0.05) is 12.1 Å². The Balaban J connectivity index is 1.11. The van der Waals surface area contributed by atoms with Crippen LogP contribution in [0.3, 0.4) is 0 Å². The number of ether oxygens (including phenoxy) is 1. The predicted octanol–water partition coefficient (Wildman–Crippen LogP) is 1.80. The molecule has 4 heterocycles. The fourth-order valence-electron chi connectivity index (χ4n) is 5.62. The average molecular weight is 539 g/mol. The van der Waals surface area contributed by atoms with Crippen LogP contribution < -0.4 is 25.2 Å². The van der Waals surface area contributed by atoms with E-state index < -0.39 is 17.9 Å². The molecule has 0 spiro atoms. The number of rotatable bonds is 7. The molecule has 1 unspecified atom stereocenters. The second kappa shape index (κ2) is 12.0. The second-order valence-electron chi connectivity index (χ2n) is 10.4. The van der Waals surface area contributed by atoms with Gasteiger partial charge in [0.25, 0.3) is 5.91 Å². The van der Waals surface area contributed by atoms with Crippen LogP contribution in [-0.2, 0) is 9.59 Å². The Morgan fingerprint density at radius 1 is 1.00 bits per heavy atom. The topological polar surface area (TPSA) is 107 Å². The molecule has 11 heteroatoms. The Bertz CT molecular complexity index is 1210. The van der Waals surface area contributed by atoms with Crippen LogP contribution in [0, 0.1) is 11.7 Å². The number of nitrogens with one attached hydrogen (secondary N) is 2. The van der Waals surface area contributed by atoms with Crippen molar-refractivity contribution in [3.8, 4) is 5.88 Å². The lowest BCUT2D eigenvalue weighted by atomic mass is 9.95. The summed E-state index contributed by atoms with van der Waals surface area (Å²) in [5.41, 5.74) is 1.68. The molecule has 3 aliphatic rings. The van der Waals surface area contributed by atoms with E-state index in [1.165, 1.54) is 13.2 Å². The zero-order valence-corrected chi connectivity index (χ0v) is 22.2. The molecule has 1 aromatic heterocycles. The molecule has 3 aliphatic heterocycles. The van der Waals surface area contributed by atoms with Gasteiger partial charge >= 0.3 is 0 Å². The molecule has 208 valence electrons. The molecule has 10 nitrogen and oxygen atoms in total. The number of hydrogen-bond donors (Lipinski definition) is 2. The highest BCUT2D eigenvalue weighted by molar-refractivity contribution is 6.03. The number of pyridine rings is 1. The van der Waals surface area contributed by atoms with E-state index in [9.17, 15) is 18.8 Å². The van der Waals surface area contributed by atoms with Gasteiger partial charge in [0.15, 0.2) is 0 Å². The highest BCUT2D eigenvalue weighted by Crippen LogP contribution is 2.29. The van der Waals surface area contributed by atoms with Crippen molar-refractivity contribution in [1.82, 2.24) is 20.5 Å². The fourth-order valence-corrected chi connectivity index (χ4v) is 5.62. The summed E-state index contributed by atoms with van der Waals surface area (Å²) in [7, 11) is 1.53. The molecule has 3 fully saturated rings. The first kappa shape index (κ1) is 26.9. The standard InChI is InChI=1S/C28H35FN6O4/c1-39-28-24(8-6-22(31-28)26(37)30-21-7-9-25(36)32-27(21)38)35-16-14-33(15-17-35)18-19-10-12-34(13-11-19)23-5-3-2-4-20(23)29/h2-6,8,19,21H,7,9-18H2,1H3,(H,30,37)(H,32,36,38). The van der Waals surface area contributed by atoms with Gasteiger partial charge in [0.05, 0.1) is 18.5 Å². The number of piperazine rings is 1. The number of nitrogens with zero attached hydrogens (tertiary/aromatic N) is 4. The quantitative estimate of drug-likeness (QED) is 0.514. The monoisotopic (exact) mass is 538 g/mol. The Kier molecular flexibility index (Phi) is 8.25. The van der Waals surface area contributed by atoms with Gasteiger partial charge in [0.1, 0.15) is 17.6 Å². The van der Waals surface area contributed by atoms with Crippen molar-refractivity contribution in [2.75, 3.05) is 62.7 Å². The molecule has 3 amide bonds. The number of carbonyl (C=O) groups excluding carboxylic acids is 3. The molecule has 39 heavy (non-hydrogen) atoms. The van der Waals surface area contributed by atoms with Crippen LogP contribution in [0.1, 0.15) is 36.2 Å². The van der Waals surface area contributed by atoms with Gasteiger partial charge in [0, 0.05) is 52.2 Å². The Labute approximate surface area is 227 Å². The van der Waals surface area contributed by atoms with Gasteiger partial charge in [-0.25, -0.2) is 9.37 Å². The van der Waals surface area contributed by atoms with E-state index in [-0.39, 0.29) is 30.3 Å². The molecule has 5 rings (SSSR count). The number of piperidine rings is 2. The number of amides is 3. The van der Waals surface area contributed by atoms with Crippen molar-refractivity contribution >= 4 is 29.1 Å². The van der Waals surface area contributed by atoms with Crippen LogP contribution in [0.2, 0.25) is 0 Å². The minimum atomic E-state index is -0.762. The molecule has 3 saturated heterocycles. The second-order valence-corrected chi connectivity index (χ2v) is 10.4. The third kappa shape index (κ3) is 6.30. The molecule has 1 aromatic carbocycles. The number of imide groups is 1. The minimum absolute atomic E-state index is 0.153. The van der Waals surface area contributed by atoms with Crippen molar-refractivity contribution in [3.63, 3.8) is 0 Å². The fraction of sp³-hybridized carbons (Fsp3) is 0.500. The highest BCUT2D eigenvalue weighted by Gasteiger charge is 2.30. The molecule has 0 saturated carbocycles. The summed E-state index contributed by atoms with van der Waals surface area (Å²) in [6.07, 6.45) is 2.55. The van der Waals surface area contributed by atoms with Gasteiger partial charge in [-0.15, -0.1) is 0 Å². The number of para-hydroxylation sites is 1. The number of anilines is 2. The van der Waals surface area contributed by atoms with Crippen LogP contribution in [0.5, 0.6) is 5.88 Å². The van der Waals surface area contributed by atoms with Gasteiger partial charge in [-0.3, -0.25) is 24.6 Å². The first-order valence-electron chi connectivity index (χ1n) is 13.6. The van der Waals surface area contributed by atoms with Crippen molar-refractivity contribution in [2.24, 2.45) is 5.92 Å². The largest absolute Gasteiger partial charge is 0.480 e. The number of aromatic nitrogens is 1. The van der Waals surface area contributed by atoms with Crippen LogP contribution in [0.15, 0.2) is 36.4 Å². The summed E-state index contributed by atoms with van der Waals surface area (Å²) < 4.78 is 19.7. The van der Waals surface area contributed by atoms with E-state index in [2.05, 4.69) is 30.3 Å². The third-order valence-corrected chi connectivity index (χ3v) is 7.85. The zero-order valence-electron chi connectivity index (χ0n) is 22.2. The van der Waals surface area contributed by atoms with E-state index in [1.807, 2.05) is 18.2 Å². The summed E-state index contributed by atoms with van der Waals surface area (Å²) in [5.74, 6) is -0.519. The molecular formula is C28H35FN6O4. The number of benzene rings is 1. The molecule has 2 N–H and O–H groups in total. The zero-order chi connectivity index (χ0) is 27.4. The summed E-state index contributed by atoms with van der Waals surface area (Å²) in [5, 5.41) is 4.89. The van der Waals surface area contributed by atoms with E-state index in [0.717, 1.165) is 64.3 Å². The average Bonchev–Trinajstić information content (AvgIpc) is 2.95. The van der Waals surface area contributed by atoms with E-state index in [4.69, 9.17) is 4.74 Å². The van der Waals surface area contributed by atoms with Crippen molar-refractivity contribution in [2.45, 2.75) is 31.7 Å². The maximum atomic E-state index is 14.1. The van der Waals surface area contributed by atoms with Crippen molar-refractivity contribution in [3.05, 3.63) is 47.9 Å². The maximum Gasteiger partial charge on any atom is 0.270 e. The van der Waals surface area contributed by atoms with Crippen LogP contribution >= 0.6 is 0 Å². The Morgan fingerprint density at radius 3 is 2.41 bits per heavy atom. The third-order valence-electron chi connectivity index (χ3n) is 7.85. The maximum absolute atomic E-state index is 14.1. The minimum Gasteiger partial charge on any atom is -0.480 e. The normalized spacial score (nSPS) is 21.0. The van der Waals surface area contributed by atoms with Crippen molar-refractivity contribution in [1.29, 1.82) is 0 Å². The highest BCUT2D eigenvalue weighted by atomic mass is 19.1. The molecular weight excluding hydrogens is 503 g/mol. The first-order chi connectivity index (χ1) is 18.9. The number of hydrogen-bond acceptors (Lipinski definition) is 8. The first-order valence-corrected chi connectivity index (χ1v) is 13.6. The summed E-state index contributed by atoms with van der Waals surface area (Å²) >= 11 is 0. The molecule has 2 aromatic rings. The summed E-state index contributed by atoms with van der Waals surface area (Å²) in [6.45, 7) is 6.23. The Morgan fingerprint density at radius 2 is 1.72 bits per heavy atom. The summed E-state index contributed by atoms with van der Waals surface area (Å²) in [6, 6.07) is 9.70. The lowest BCUT2D eigenvalue weighted by Crippen LogP contribution is -2.52. The van der Waals surface area contributed by atoms with Crippen LogP contribution in [0.25, 0.3) is 0 Å². The Hall–Kier alpha value is -3.73. The molecule has 1 atom stereocenters. The van der Waals surface area contributed by atoms with Gasteiger partial charge < -0.3 is 19.9 Å². The molecule has 0 radical (unpaired) electrons. The lowest BCUT2D eigenvalue weighted by Gasteiger charge is -2.40. The smallest absolute Gasteiger partial charge is 0.270 e. The van der Waals surface area contributed by atoms with Gasteiger partial charge in [0.2, 0.25) is 17.7 Å². The summed E-state index contributed by atoms with van der Waals surface area (Å²) in [4.78, 5) is 47.3. The van der Waals surface area contributed by atoms with Crippen LogP contribution in [-0.4, -0.2) is 86.6 Å². The number of halogens is 1. The van der Waals surface area contributed by atoms with Gasteiger partial charge in [-0.2, -0.15) is 0 Å². The van der Waals surface area contributed by atoms with E-state index >= 15 is 0 Å². The SMILES string of the molecule is COc1nc(C(=O)NC2CCC(=O)NC2=O)ccc1N1CCN(CC2CCN(c3ccccc3F)CC2)CC1.